The molecule has 0 aliphatic rings. The molecule has 0 aliphatic heterocycles. The van der Waals surface area contributed by atoms with E-state index >= 15 is 0 Å². The van der Waals surface area contributed by atoms with Crippen LogP contribution in [0.5, 0.6) is 0 Å². The average molecular weight is 230 g/mol. The van der Waals surface area contributed by atoms with Crippen LogP contribution in [0, 0.1) is 0 Å². The zero-order valence-corrected chi connectivity index (χ0v) is 10.1. The fourth-order valence-corrected chi connectivity index (χ4v) is 1.81. The summed E-state index contributed by atoms with van der Waals surface area (Å²) < 4.78 is 5.32. The predicted molar refractivity (Wildman–Crippen MR) is 67.8 cm³/mol. The molecule has 0 spiro atoms. The van der Waals surface area contributed by atoms with Gasteiger partial charge in [0, 0.05) is 24.9 Å². The van der Waals surface area contributed by atoms with Gasteiger partial charge in [0.05, 0.1) is 6.26 Å². The lowest BCUT2D eigenvalue weighted by molar-refractivity contribution is 0.458. The van der Waals surface area contributed by atoms with Crippen LogP contribution >= 0.6 is 0 Å². The van der Waals surface area contributed by atoms with Crippen LogP contribution in [0.15, 0.2) is 47.3 Å². The Bertz CT molecular complexity index is 411. The molecule has 2 rings (SSSR count). The molecule has 1 atom stereocenters. The largest absolute Gasteiger partial charge is 0.469 e. The Morgan fingerprint density at radius 2 is 2.29 bits per heavy atom. The highest BCUT2D eigenvalue weighted by Gasteiger charge is 2.04. The van der Waals surface area contributed by atoms with E-state index < -0.39 is 0 Å². The summed E-state index contributed by atoms with van der Waals surface area (Å²) in [5.74, 6) is 1.03. The molecule has 2 heterocycles. The summed E-state index contributed by atoms with van der Waals surface area (Å²) in [6.07, 6.45) is 7.38. The number of nitrogens with zero attached hydrogens (tertiary/aromatic N) is 1. The van der Waals surface area contributed by atoms with Gasteiger partial charge in [0.15, 0.2) is 0 Å². The number of hydrogen-bond donors (Lipinski definition) is 1. The fourth-order valence-electron chi connectivity index (χ4n) is 1.81. The van der Waals surface area contributed by atoms with Gasteiger partial charge in [0.1, 0.15) is 5.76 Å². The van der Waals surface area contributed by atoms with E-state index in [4.69, 9.17) is 4.42 Å². The molecule has 0 aliphatic carbocycles. The number of pyridine rings is 1. The van der Waals surface area contributed by atoms with Gasteiger partial charge in [-0.2, -0.15) is 0 Å². The van der Waals surface area contributed by atoms with Gasteiger partial charge in [0.25, 0.3) is 0 Å². The molecule has 0 fully saturated rings. The molecule has 1 unspecified atom stereocenters. The van der Waals surface area contributed by atoms with Gasteiger partial charge in [-0.25, -0.2) is 0 Å². The van der Waals surface area contributed by atoms with Crippen molar-refractivity contribution in [2.75, 3.05) is 6.54 Å². The Morgan fingerprint density at radius 3 is 3.00 bits per heavy atom. The van der Waals surface area contributed by atoms with Crippen molar-refractivity contribution in [1.82, 2.24) is 10.3 Å². The summed E-state index contributed by atoms with van der Waals surface area (Å²) in [4.78, 5) is 4.10. The van der Waals surface area contributed by atoms with Crippen LogP contribution in [-0.2, 0) is 12.8 Å². The van der Waals surface area contributed by atoms with Crippen molar-refractivity contribution in [3.8, 4) is 0 Å². The molecule has 0 saturated carbocycles. The first kappa shape index (κ1) is 11.9. The highest BCUT2D eigenvalue weighted by Crippen LogP contribution is 2.04. The van der Waals surface area contributed by atoms with Crippen LogP contribution in [0.3, 0.4) is 0 Å². The van der Waals surface area contributed by atoms with Gasteiger partial charge in [-0.05, 0) is 43.7 Å². The minimum atomic E-state index is 0.429. The molecule has 17 heavy (non-hydrogen) atoms. The maximum Gasteiger partial charge on any atom is 0.105 e. The third-order valence-electron chi connectivity index (χ3n) is 2.72. The van der Waals surface area contributed by atoms with Crippen molar-refractivity contribution < 1.29 is 4.42 Å². The number of nitrogens with one attached hydrogen (secondary N) is 1. The first-order valence-electron chi connectivity index (χ1n) is 5.99. The summed E-state index contributed by atoms with van der Waals surface area (Å²) in [7, 11) is 0. The zero-order valence-electron chi connectivity index (χ0n) is 10.1. The number of hydrogen-bond acceptors (Lipinski definition) is 3. The van der Waals surface area contributed by atoms with Gasteiger partial charge in [-0.1, -0.05) is 6.07 Å². The molecule has 0 bridgehead atoms. The van der Waals surface area contributed by atoms with Crippen molar-refractivity contribution in [1.29, 1.82) is 0 Å². The lowest BCUT2D eigenvalue weighted by Gasteiger charge is -2.12. The van der Waals surface area contributed by atoms with Crippen molar-refractivity contribution in [3.05, 3.63) is 54.2 Å². The third-order valence-corrected chi connectivity index (χ3v) is 2.72. The summed E-state index contributed by atoms with van der Waals surface area (Å²) in [6.45, 7) is 3.14. The highest BCUT2D eigenvalue weighted by molar-refractivity contribution is 5.08. The fraction of sp³-hybridized carbons (Fsp3) is 0.357. The highest BCUT2D eigenvalue weighted by atomic mass is 16.3. The van der Waals surface area contributed by atoms with Gasteiger partial charge in [-0.15, -0.1) is 0 Å². The van der Waals surface area contributed by atoms with E-state index in [1.54, 1.807) is 12.5 Å². The Labute approximate surface area is 102 Å². The molecule has 2 aromatic heterocycles. The first-order chi connectivity index (χ1) is 8.34. The molecule has 0 amide bonds. The first-order valence-corrected chi connectivity index (χ1v) is 5.99. The second-order valence-electron chi connectivity index (χ2n) is 4.25. The molecule has 0 saturated heterocycles. The number of aromatic nitrogens is 1. The summed E-state index contributed by atoms with van der Waals surface area (Å²) in [5, 5.41) is 3.48. The Hall–Kier alpha value is -1.61. The van der Waals surface area contributed by atoms with E-state index in [1.165, 1.54) is 5.56 Å². The van der Waals surface area contributed by atoms with Crippen molar-refractivity contribution >= 4 is 0 Å². The van der Waals surface area contributed by atoms with Crippen molar-refractivity contribution in [2.24, 2.45) is 0 Å². The molecule has 3 heteroatoms. The Morgan fingerprint density at radius 1 is 1.35 bits per heavy atom. The Balaban J connectivity index is 1.68. The lowest BCUT2D eigenvalue weighted by atomic mass is 10.1. The zero-order chi connectivity index (χ0) is 11.9. The maximum atomic E-state index is 5.32. The normalized spacial score (nSPS) is 12.5. The van der Waals surface area contributed by atoms with Gasteiger partial charge < -0.3 is 9.73 Å². The predicted octanol–water partition coefficient (Wildman–Crippen LogP) is 2.44. The van der Waals surface area contributed by atoms with E-state index in [9.17, 15) is 0 Å². The molecule has 1 N–H and O–H groups in total. The monoisotopic (exact) mass is 230 g/mol. The van der Waals surface area contributed by atoms with Gasteiger partial charge in [0.2, 0.25) is 0 Å². The van der Waals surface area contributed by atoms with Crippen LogP contribution < -0.4 is 5.32 Å². The summed E-state index contributed by atoms with van der Waals surface area (Å²) in [6, 6.07) is 8.45. The average Bonchev–Trinajstić information content (AvgIpc) is 2.83. The topological polar surface area (TPSA) is 38.1 Å². The third kappa shape index (κ3) is 4.04. The SMILES string of the molecule is CC(Cc1ccco1)NCCc1cccnc1. The molecular formula is C14H18N2O. The van der Waals surface area contributed by atoms with E-state index in [-0.39, 0.29) is 0 Å². The maximum absolute atomic E-state index is 5.32. The second kappa shape index (κ2) is 6.21. The van der Waals surface area contributed by atoms with E-state index in [0.29, 0.717) is 6.04 Å². The molecule has 90 valence electrons. The van der Waals surface area contributed by atoms with Crippen molar-refractivity contribution in [3.63, 3.8) is 0 Å². The molecule has 3 nitrogen and oxygen atoms in total. The van der Waals surface area contributed by atoms with Crippen LogP contribution in [0.2, 0.25) is 0 Å². The molecule has 2 aromatic rings. The van der Waals surface area contributed by atoms with Crippen LogP contribution in [0.25, 0.3) is 0 Å². The Kier molecular flexibility index (Phi) is 4.33. The van der Waals surface area contributed by atoms with Crippen LogP contribution in [-0.4, -0.2) is 17.6 Å². The van der Waals surface area contributed by atoms with Crippen LogP contribution in [0.1, 0.15) is 18.2 Å². The molecule has 0 aromatic carbocycles. The minimum absolute atomic E-state index is 0.429. The van der Waals surface area contributed by atoms with E-state index in [2.05, 4.69) is 23.3 Å². The van der Waals surface area contributed by atoms with Gasteiger partial charge in [-0.3, -0.25) is 4.98 Å². The quantitative estimate of drug-likeness (QED) is 0.828. The van der Waals surface area contributed by atoms with Crippen LogP contribution in [0.4, 0.5) is 0 Å². The lowest BCUT2D eigenvalue weighted by Crippen LogP contribution is -2.29. The molecular weight excluding hydrogens is 212 g/mol. The summed E-state index contributed by atoms with van der Waals surface area (Å²) in [5.41, 5.74) is 1.27. The van der Waals surface area contributed by atoms with Gasteiger partial charge >= 0.3 is 0 Å². The van der Waals surface area contributed by atoms with E-state index in [0.717, 1.165) is 25.1 Å². The number of furan rings is 1. The standard InChI is InChI=1S/C14H18N2O/c1-12(10-14-5-3-9-17-14)16-8-6-13-4-2-7-15-11-13/h2-5,7,9,11-12,16H,6,8,10H2,1H3. The number of rotatable bonds is 6. The second-order valence-corrected chi connectivity index (χ2v) is 4.25. The van der Waals surface area contributed by atoms with Crippen molar-refractivity contribution in [2.45, 2.75) is 25.8 Å². The van der Waals surface area contributed by atoms with E-state index in [1.807, 2.05) is 24.4 Å². The minimum Gasteiger partial charge on any atom is -0.469 e. The smallest absolute Gasteiger partial charge is 0.105 e. The molecule has 0 radical (unpaired) electrons. The summed E-state index contributed by atoms with van der Waals surface area (Å²) >= 11 is 0.